The molecule has 0 atom stereocenters. The Hall–Kier alpha value is -2.83. The van der Waals surface area contributed by atoms with Gasteiger partial charge < -0.3 is 19.9 Å². The average Bonchev–Trinajstić information content (AvgIpc) is 2.88. The number of nitrogens with zero attached hydrogens (tertiary/aromatic N) is 3. The number of alkyl halides is 3. The number of rotatable bonds is 6. The molecule has 192 valence electrons. The van der Waals surface area contributed by atoms with Gasteiger partial charge in [0.1, 0.15) is 4.99 Å². The van der Waals surface area contributed by atoms with E-state index < -0.39 is 11.7 Å². The maximum Gasteiger partial charge on any atom is 0.416 e. The largest absolute Gasteiger partial charge is 0.416 e. The molecule has 0 bridgehead atoms. The number of hydrogen-bond acceptors (Lipinski definition) is 4. The van der Waals surface area contributed by atoms with Gasteiger partial charge in [0.25, 0.3) is 0 Å². The van der Waals surface area contributed by atoms with Crippen molar-refractivity contribution in [2.24, 2.45) is 0 Å². The zero-order valence-electron chi connectivity index (χ0n) is 20.4. The van der Waals surface area contributed by atoms with E-state index in [1.54, 1.807) is 6.07 Å². The van der Waals surface area contributed by atoms with Gasteiger partial charge in [-0.2, -0.15) is 13.2 Å². The molecule has 0 radical (unpaired) electrons. The highest BCUT2D eigenvalue weighted by molar-refractivity contribution is 7.80. The van der Waals surface area contributed by atoms with E-state index >= 15 is 0 Å². The average molecular weight is 517 g/mol. The lowest BCUT2D eigenvalue weighted by Crippen LogP contribution is -2.49. The molecule has 1 saturated heterocycles. The second-order valence-electron chi connectivity index (χ2n) is 9.45. The van der Waals surface area contributed by atoms with Crippen LogP contribution in [-0.2, 0) is 10.9 Å². The molecule has 5 nitrogen and oxygen atoms in total. The highest BCUT2D eigenvalue weighted by atomic mass is 32.1. The lowest BCUT2D eigenvalue weighted by atomic mass is 9.92. The highest BCUT2D eigenvalue weighted by Gasteiger charge is 2.33. The van der Waals surface area contributed by atoms with E-state index in [2.05, 4.69) is 20.0 Å². The van der Waals surface area contributed by atoms with E-state index in [0.717, 1.165) is 62.5 Å². The van der Waals surface area contributed by atoms with Crippen molar-refractivity contribution >= 4 is 34.3 Å². The van der Waals surface area contributed by atoms with E-state index in [9.17, 15) is 13.2 Å². The van der Waals surface area contributed by atoms with Gasteiger partial charge in [0.2, 0.25) is 0 Å². The summed E-state index contributed by atoms with van der Waals surface area (Å²) in [5.74, 6) is 0. The maximum absolute atomic E-state index is 13.2. The molecule has 2 fully saturated rings. The molecule has 9 heteroatoms. The topological polar surface area (TPSA) is 32.1 Å². The predicted octanol–water partition coefficient (Wildman–Crippen LogP) is 6.45. The minimum Gasteiger partial charge on any atom is -0.382 e. The molecular formula is C27H31F3N4OS. The Kier molecular flexibility index (Phi) is 8.37. The van der Waals surface area contributed by atoms with Crippen LogP contribution >= 0.6 is 12.2 Å². The molecular weight excluding hydrogens is 485 g/mol. The van der Waals surface area contributed by atoms with Crippen LogP contribution in [0.3, 0.4) is 0 Å². The Bertz CT molecular complexity index is 1080. The number of thiocarbonyl (C=S) groups is 1. The first-order valence-electron chi connectivity index (χ1n) is 12.3. The molecule has 2 aromatic carbocycles. The molecule has 0 aromatic heterocycles. The normalized spacial score (nSPS) is 20.6. The molecule has 1 aliphatic heterocycles. The molecule has 0 amide bonds. The molecule has 0 unspecified atom stereocenters. The summed E-state index contributed by atoms with van der Waals surface area (Å²) >= 11 is 5.64. The summed E-state index contributed by atoms with van der Waals surface area (Å²) in [5, 5.41) is 3.27. The number of halogens is 3. The van der Waals surface area contributed by atoms with Crippen molar-refractivity contribution in [3.05, 3.63) is 65.0 Å². The molecule has 4 rings (SSSR count). The van der Waals surface area contributed by atoms with Crippen LogP contribution in [-0.4, -0.2) is 54.8 Å². The van der Waals surface area contributed by atoms with Crippen LogP contribution in [0.1, 0.15) is 36.8 Å². The van der Waals surface area contributed by atoms with Gasteiger partial charge >= 0.3 is 6.18 Å². The van der Waals surface area contributed by atoms with Gasteiger partial charge in [0.05, 0.1) is 24.8 Å². The van der Waals surface area contributed by atoms with Crippen LogP contribution in [0.4, 0.5) is 30.2 Å². The maximum atomic E-state index is 13.2. The summed E-state index contributed by atoms with van der Waals surface area (Å²) in [5.41, 5.74) is 1.93. The first-order valence-corrected chi connectivity index (χ1v) is 12.7. The van der Waals surface area contributed by atoms with Crippen LogP contribution in [0, 0.1) is 13.5 Å². The lowest BCUT2D eigenvalue weighted by molar-refractivity contribution is -0.138. The van der Waals surface area contributed by atoms with Gasteiger partial charge in [0, 0.05) is 43.6 Å². The van der Waals surface area contributed by atoms with E-state index in [4.69, 9.17) is 23.5 Å². The van der Waals surface area contributed by atoms with E-state index in [1.165, 1.54) is 19.1 Å². The lowest BCUT2D eigenvalue weighted by Gasteiger charge is -2.38. The van der Waals surface area contributed by atoms with E-state index in [0.29, 0.717) is 18.0 Å². The molecule has 1 N–H and O–H groups in total. The second kappa shape index (κ2) is 11.5. The number of nitrogens with one attached hydrogen (secondary N) is 1. The zero-order chi connectivity index (χ0) is 25.7. The third-order valence-electron chi connectivity index (χ3n) is 7.01. The van der Waals surface area contributed by atoms with Crippen molar-refractivity contribution in [1.82, 2.24) is 4.90 Å². The number of benzene rings is 2. The van der Waals surface area contributed by atoms with Crippen LogP contribution in [0.15, 0.2) is 42.5 Å². The van der Waals surface area contributed by atoms with Gasteiger partial charge in [0.15, 0.2) is 5.69 Å². The van der Waals surface area contributed by atoms with Gasteiger partial charge in [-0.25, -0.2) is 4.85 Å². The van der Waals surface area contributed by atoms with Crippen LogP contribution in [0.5, 0.6) is 0 Å². The van der Waals surface area contributed by atoms with Crippen molar-refractivity contribution in [1.29, 1.82) is 0 Å². The van der Waals surface area contributed by atoms with Crippen LogP contribution in [0.25, 0.3) is 4.85 Å². The first kappa shape index (κ1) is 26.2. The monoisotopic (exact) mass is 516 g/mol. The van der Waals surface area contributed by atoms with Gasteiger partial charge in [-0.1, -0.05) is 30.4 Å². The van der Waals surface area contributed by atoms with E-state index in [1.807, 2.05) is 24.3 Å². The highest BCUT2D eigenvalue weighted by Crippen LogP contribution is 2.34. The summed E-state index contributed by atoms with van der Waals surface area (Å²) in [6.07, 6.45) is -0.829. The third-order valence-corrected chi connectivity index (χ3v) is 7.38. The van der Waals surface area contributed by atoms with Crippen molar-refractivity contribution in [3.63, 3.8) is 0 Å². The van der Waals surface area contributed by atoms with Crippen molar-refractivity contribution in [2.75, 3.05) is 43.0 Å². The molecule has 1 aliphatic carbocycles. The Balaban J connectivity index is 1.17. The zero-order valence-corrected chi connectivity index (χ0v) is 21.2. The molecule has 2 aliphatic rings. The number of anilines is 2. The number of ether oxygens (including phenoxy) is 1. The van der Waals surface area contributed by atoms with Crippen LogP contribution in [0.2, 0.25) is 0 Å². The van der Waals surface area contributed by atoms with Crippen molar-refractivity contribution in [3.8, 4) is 0 Å². The number of aryl methyl sites for hydroxylation is 1. The molecule has 1 heterocycles. The fourth-order valence-electron chi connectivity index (χ4n) is 4.86. The Labute approximate surface area is 216 Å². The molecule has 0 spiro atoms. The van der Waals surface area contributed by atoms with Crippen molar-refractivity contribution < 1.29 is 17.9 Å². The second-order valence-corrected chi connectivity index (χ2v) is 9.92. The predicted molar refractivity (Wildman–Crippen MR) is 141 cm³/mol. The summed E-state index contributed by atoms with van der Waals surface area (Å²) in [7, 11) is 0. The summed E-state index contributed by atoms with van der Waals surface area (Å²) < 4.78 is 45.7. The SMILES string of the molecule is [C-]#[N+]c1ccc(N2CCN(C(=S)COC3CCC(Nc4ccc(C)c(C(F)(F)F)c4)CC3)CC2)cc1. The fourth-order valence-corrected chi connectivity index (χ4v) is 5.11. The Morgan fingerprint density at radius 1 is 1.06 bits per heavy atom. The number of hydrogen-bond donors (Lipinski definition) is 1. The number of piperazine rings is 1. The minimum atomic E-state index is -4.34. The van der Waals surface area contributed by atoms with E-state index in [-0.39, 0.29) is 17.7 Å². The first-order chi connectivity index (χ1) is 17.2. The van der Waals surface area contributed by atoms with Crippen LogP contribution < -0.4 is 10.2 Å². The molecule has 2 aromatic rings. The van der Waals surface area contributed by atoms with Gasteiger partial charge in [-0.05, 0) is 62.4 Å². The minimum absolute atomic E-state index is 0.118. The summed E-state index contributed by atoms with van der Waals surface area (Å²) in [4.78, 5) is 8.75. The van der Waals surface area contributed by atoms with Gasteiger partial charge in [-0.15, -0.1) is 0 Å². The fraction of sp³-hybridized carbons (Fsp3) is 0.481. The van der Waals surface area contributed by atoms with Crippen molar-refractivity contribution in [2.45, 2.75) is 50.9 Å². The third kappa shape index (κ3) is 6.68. The quantitative estimate of drug-likeness (QED) is 0.352. The summed E-state index contributed by atoms with van der Waals surface area (Å²) in [6, 6.07) is 12.2. The molecule has 1 saturated carbocycles. The Morgan fingerprint density at radius 3 is 2.33 bits per heavy atom. The van der Waals surface area contributed by atoms with Gasteiger partial charge in [-0.3, -0.25) is 0 Å². The standard InChI is InChI=1S/C27H31F3N4OS/c1-19-3-4-22(17-25(19)27(28,29)30)32-21-7-11-24(12-8-21)35-18-26(36)34-15-13-33(14-16-34)23-9-5-20(31-2)6-10-23/h3-6,9-10,17,21,24,32H,7-8,11-16,18H2,1H3. The molecule has 36 heavy (non-hydrogen) atoms. The summed E-state index contributed by atoms with van der Waals surface area (Å²) in [6.45, 7) is 12.4. The smallest absolute Gasteiger partial charge is 0.382 e. The Morgan fingerprint density at radius 2 is 1.72 bits per heavy atom.